The van der Waals surface area contributed by atoms with Gasteiger partial charge in [-0.05, 0) is 24.0 Å². The summed E-state index contributed by atoms with van der Waals surface area (Å²) >= 11 is 0. The van der Waals surface area contributed by atoms with E-state index in [4.69, 9.17) is 0 Å². The molecule has 1 heterocycles. The fourth-order valence-electron chi connectivity index (χ4n) is 2.59. The summed E-state index contributed by atoms with van der Waals surface area (Å²) in [6.07, 6.45) is 0.296. The molecule has 1 aliphatic rings. The van der Waals surface area contributed by atoms with Crippen LogP contribution in [0.4, 0.5) is 5.69 Å². The normalized spacial score (nSPS) is 18.2. The van der Waals surface area contributed by atoms with Crippen molar-refractivity contribution in [2.45, 2.75) is 47.1 Å². The molecule has 1 N–H and O–H groups in total. The summed E-state index contributed by atoms with van der Waals surface area (Å²) < 4.78 is 0. The van der Waals surface area contributed by atoms with Gasteiger partial charge in [-0.15, -0.1) is 0 Å². The van der Waals surface area contributed by atoms with Crippen molar-refractivity contribution in [3.8, 4) is 6.07 Å². The first-order valence-corrected chi connectivity index (χ1v) is 9.69. The molecule has 0 saturated carbocycles. The largest absolute Gasteiger partial charge is 0.337 e. The van der Waals surface area contributed by atoms with Crippen molar-refractivity contribution in [1.82, 2.24) is 9.80 Å². The van der Waals surface area contributed by atoms with Gasteiger partial charge in [0.05, 0.1) is 18.5 Å². The zero-order valence-corrected chi connectivity index (χ0v) is 18.2. The van der Waals surface area contributed by atoms with Crippen LogP contribution in [0.2, 0.25) is 0 Å². The number of benzene rings is 1. The Kier molecular flexibility index (Phi) is 8.84. The van der Waals surface area contributed by atoms with E-state index in [1.807, 2.05) is 18.2 Å². The number of rotatable bonds is 4. The lowest BCUT2D eigenvalue weighted by Gasteiger charge is -2.23. The van der Waals surface area contributed by atoms with Gasteiger partial charge in [0.2, 0.25) is 17.7 Å². The van der Waals surface area contributed by atoms with E-state index < -0.39 is 12.0 Å². The molecule has 0 radical (unpaired) electrons. The number of nitrogens with zero attached hydrogens (tertiary/aromatic N) is 3. The molecule has 158 valence electrons. The molecule has 0 aliphatic carbocycles. The van der Waals surface area contributed by atoms with Crippen LogP contribution >= 0.6 is 0 Å². The molecule has 1 fully saturated rings. The number of hydrogen-bond donors (Lipinski definition) is 1. The number of hydrogen-bond acceptors (Lipinski definition) is 4. The van der Waals surface area contributed by atoms with Gasteiger partial charge in [0.1, 0.15) is 6.04 Å². The summed E-state index contributed by atoms with van der Waals surface area (Å²) in [5.74, 6) is -1.21. The smallest absolute Gasteiger partial charge is 0.243 e. The van der Waals surface area contributed by atoms with Gasteiger partial charge < -0.3 is 15.1 Å². The number of nitriles is 1. The Morgan fingerprint density at radius 1 is 1.21 bits per heavy atom. The lowest BCUT2D eigenvalue weighted by molar-refractivity contribution is -0.138. The van der Waals surface area contributed by atoms with E-state index in [-0.39, 0.29) is 30.8 Å². The van der Waals surface area contributed by atoms with Crippen LogP contribution in [0, 0.1) is 22.7 Å². The van der Waals surface area contributed by atoms with Crippen molar-refractivity contribution in [3.05, 3.63) is 30.3 Å². The Balaban J connectivity index is 0.000000749. The Bertz CT molecular complexity index is 744. The van der Waals surface area contributed by atoms with Crippen LogP contribution in [0.25, 0.3) is 0 Å². The van der Waals surface area contributed by atoms with Gasteiger partial charge in [-0.2, -0.15) is 5.26 Å². The van der Waals surface area contributed by atoms with Crippen molar-refractivity contribution >= 4 is 23.4 Å². The van der Waals surface area contributed by atoms with Crippen LogP contribution < -0.4 is 5.32 Å². The first-order chi connectivity index (χ1) is 13.4. The van der Waals surface area contributed by atoms with Crippen LogP contribution in [0.3, 0.4) is 0 Å². The summed E-state index contributed by atoms with van der Waals surface area (Å²) in [4.78, 5) is 38.6. The number of carbonyl (C=O) groups excluding carboxylic acids is 3. The number of carbonyl (C=O) groups is 3. The highest BCUT2D eigenvalue weighted by Gasteiger charge is 2.39. The van der Waals surface area contributed by atoms with Crippen LogP contribution in [0.15, 0.2) is 30.3 Å². The van der Waals surface area contributed by atoms with E-state index in [2.05, 4.69) is 39.1 Å². The molecular formula is C22H32N4O3. The van der Waals surface area contributed by atoms with Crippen molar-refractivity contribution in [2.75, 3.05) is 25.5 Å². The molecule has 29 heavy (non-hydrogen) atoms. The number of anilines is 1. The van der Waals surface area contributed by atoms with E-state index in [0.717, 1.165) is 0 Å². The Morgan fingerprint density at radius 3 is 2.24 bits per heavy atom. The third-order valence-electron chi connectivity index (χ3n) is 4.09. The molecule has 2 rings (SSSR count). The second kappa shape index (κ2) is 10.6. The van der Waals surface area contributed by atoms with Gasteiger partial charge in [0, 0.05) is 26.2 Å². The van der Waals surface area contributed by atoms with Gasteiger partial charge >= 0.3 is 0 Å². The fraction of sp³-hybridized carbons (Fsp3) is 0.545. The van der Waals surface area contributed by atoms with E-state index in [1.165, 1.54) is 23.8 Å². The van der Waals surface area contributed by atoms with Gasteiger partial charge in [0.25, 0.3) is 0 Å². The van der Waals surface area contributed by atoms with Crippen LogP contribution in [0.5, 0.6) is 0 Å². The monoisotopic (exact) mass is 400 g/mol. The van der Waals surface area contributed by atoms with Crippen molar-refractivity contribution in [1.29, 1.82) is 5.26 Å². The number of likely N-dealkylation sites (N-methyl/N-ethyl adjacent to an activating group) is 1. The maximum atomic E-state index is 12.4. The average Bonchev–Trinajstić information content (AvgIpc) is 3.05. The van der Waals surface area contributed by atoms with E-state index in [9.17, 15) is 19.6 Å². The first kappa shape index (κ1) is 24.2. The highest BCUT2D eigenvalue weighted by molar-refractivity contribution is 5.94. The minimum Gasteiger partial charge on any atom is -0.337 e. The highest BCUT2D eigenvalue weighted by Crippen LogP contribution is 2.24. The Labute approximate surface area is 173 Å². The summed E-state index contributed by atoms with van der Waals surface area (Å²) in [6, 6.07) is 10.5. The molecule has 0 spiro atoms. The average molecular weight is 401 g/mol. The maximum Gasteiger partial charge on any atom is 0.243 e. The summed E-state index contributed by atoms with van der Waals surface area (Å²) in [7, 11) is 1.53. The molecule has 0 aromatic heterocycles. The highest BCUT2D eigenvalue weighted by atomic mass is 16.2. The zero-order chi connectivity index (χ0) is 22.2. The number of para-hydroxylation sites is 1. The lowest BCUT2D eigenvalue weighted by Crippen LogP contribution is -2.42. The van der Waals surface area contributed by atoms with E-state index in [0.29, 0.717) is 17.5 Å². The number of nitrogens with one attached hydrogen (secondary N) is 1. The van der Waals surface area contributed by atoms with Gasteiger partial charge in [0.15, 0.2) is 0 Å². The lowest BCUT2D eigenvalue weighted by atomic mass is 10.0. The molecule has 1 aromatic carbocycles. The molecule has 2 unspecified atom stereocenters. The third kappa shape index (κ3) is 8.77. The SMILES string of the molecule is CC(=O)N(C)CC(=O)N1CC(C(=O)Nc2ccccc2)CC1C#N.CC(C)(C)C. The molecule has 1 aromatic rings. The minimum atomic E-state index is -0.649. The predicted molar refractivity (Wildman–Crippen MR) is 113 cm³/mol. The van der Waals surface area contributed by atoms with Crippen molar-refractivity contribution < 1.29 is 14.4 Å². The fourth-order valence-corrected chi connectivity index (χ4v) is 2.59. The molecular weight excluding hydrogens is 368 g/mol. The summed E-state index contributed by atoms with van der Waals surface area (Å²) in [5, 5.41) is 12.1. The molecule has 0 bridgehead atoms. The third-order valence-corrected chi connectivity index (χ3v) is 4.09. The zero-order valence-electron chi connectivity index (χ0n) is 18.2. The molecule has 1 saturated heterocycles. The van der Waals surface area contributed by atoms with Crippen LogP contribution in [-0.4, -0.2) is 53.7 Å². The maximum absolute atomic E-state index is 12.4. The summed E-state index contributed by atoms with van der Waals surface area (Å²) in [6.45, 7) is 10.2. The Hall–Kier alpha value is -2.88. The van der Waals surface area contributed by atoms with Gasteiger partial charge in [-0.25, -0.2) is 0 Å². The first-order valence-electron chi connectivity index (χ1n) is 9.69. The van der Waals surface area contributed by atoms with Crippen molar-refractivity contribution in [3.63, 3.8) is 0 Å². The van der Waals surface area contributed by atoms with Gasteiger partial charge in [-0.1, -0.05) is 45.9 Å². The standard InChI is InChI=1S/C17H20N4O3.C5H12/c1-12(22)20(2)11-16(23)21-10-13(8-15(21)9-18)17(24)19-14-6-4-3-5-7-14;1-5(2,3)4/h3-7,13,15H,8,10-11H2,1-2H3,(H,19,24);1-4H3. The topological polar surface area (TPSA) is 93.5 Å². The predicted octanol–water partition coefficient (Wildman–Crippen LogP) is 2.90. The molecule has 7 heteroatoms. The quantitative estimate of drug-likeness (QED) is 0.841. The van der Waals surface area contributed by atoms with E-state index >= 15 is 0 Å². The van der Waals surface area contributed by atoms with Gasteiger partial charge in [-0.3, -0.25) is 14.4 Å². The molecule has 7 nitrogen and oxygen atoms in total. The Morgan fingerprint density at radius 2 is 1.76 bits per heavy atom. The van der Waals surface area contributed by atoms with Crippen molar-refractivity contribution in [2.24, 2.45) is 11.3 Å². The number of likely N-dealkylation sites (tertiary alicyclic amines) is 1. The van der Waals surface area contributed by atoms with Crippen LogP contribution in [0.1, 0.15) is 41.0 Å². The molecule has 1 aliphatic heterocycles. The number of amides is 3. The second-order valence-electron chi connectivity index (χ2n) is 8.85. The summed E-state index contributed by atoms with van der Waals surface area (Å²) in [5.41, 5.74) is 1.18. The van der Waals surface area contributed by atoms with Crippen LogP contribution in [-0.2, 0) is 14.4 Å². The second-order valence-corrected chi connectivity index (χ2v) is 8.85. The molecule has 2 atom stereocenters. The molecule has 3 amide bonds. The van der Waals surface area contributed by atoms with E-state index in [1.54, 1.807) is 12.1 Å². The minimum absolute atomic E-state index is 0.0967.